The molecule has 0 amide bonds. The number of nitrogen functional groups attached to an aromatic ring is 1. The van der Waals surface area contributed by atoms with Crippen molar-refractivity contribution >= 4 is 5.69 Å². The summed E-state index contributed by atoms with van der Waals surface area (Å²) >= 11 is 0. The topological polar surface area (TPSA) is 44.5 Å². The first-order chi connectivity index (χ1) is 7.95. The molecule has 1 aromatic rings. The summed E-state index contributed by atoms with van der Waals surface area (Å²) < 4.78 is 11.0. The average molecular weight is 237 g/mol. The Morgan fingerprint density at radius 3 is 2.41 bits per heavy atom. The molecule has 0 bridgehead atoms. The summed E-state index contributed by atoms with van der Waals surface area (Å²) in [7, 11) is 1.68. The molecule has 1 unspecified atom stereocenters. The lowest BCUT2D eigenvalue weighted by atomic mass is 9.99. The SMILES string of the molecule is COCC(C)Oc1cc(C)c(N)cc1C(C)C. The van der Waals surface area contributed by atoms with Crippen LogP contribution >= 0.6 is 0 Å². The zero-order chi connectivity index (χ0) is 13.0. The number of anilines is 1. The van der Waals surface area contributed by atoms with E-state index in [4.69, 9.17) is 15.2 Å². The third-order valence-corrected chi connectivity index (χ3v) is 2.75. The Morgan fingerprint density at radius 1 is 1.24 bits per heavy atom. The third kappa shape index (κ3) is 3.63. The van der Waals surface area contributed by atoms with Gasteiger partial charge < -0.3 is 15.2 Å². The van der Waals surface area contributed by atoms with Crippen molar-refractivity contribution in [3.8, 4) is 5.75 Å². The molecule has 1 aromatic carbocycles. The second kappa shape index (κ2) is 5.92. The minimum Gasteiger partial charge on any atom is -0.488 e. The molecular formula is C14H23NO2. The largest absolute Gasteiger partial charge is 0.488 e. The fourth-order valence-electron chi connectivity index (χ4n) is 1.75. The maximum absolute atomic E-state index is 5.94. The second-order valence-electron chi connectivity index (χ2n) is 4.79. The minimum absolute atomic E-state index is 0.0422. The van der Waals surface area contributed by atoms with E-state index in [0.717, 1.165) is 22.6 Å². The van der Waals surface area contributed by atoms with Crippen LogP contribution in [0.3, 0.4) is 0 Å². The lowest BCUT2D eigenvalue weighted by Crippen LogP contribution is -2.19. The number of ether oxygens (including phenoxy) is 2. The van der Waals surface area contributed by atoms with Crippen molar-refractivity contribution in [2.45, 2.75) is 39.7 Å². The van der Waals surface area contributed by atoms with Crippen molar-refractivity contribution in [1.29, 1.82) is 0 Å². The second-order valence-corrected chi connectivity index (χ2v) is 4.79. The highest BCUT2D eigenvalue weighted by molar-refractivity contribution is 5.55. The van der Waals surface area contributed by atoms with Gasteiger partial charge in [-0.05, 0) is 43.0 Å². The van der Waals surface area contributed by atoms with E-state index in [2.05, 4.69) is 13.8 Å². The first kappa shape index (κ1) is 13.8. The standard InChI is InChI=1S/C14H23NO2/c1-9(2)12-7-13(15)10(3)6-14(12)17-11(4)8-16-5/h6-7,9,11H,8,15H2,1-5H3. The molecule has 3 heteroatoms. The summed E-state index contributed by atoms with van der Waals surface area (Å²) in [5.74, 6) is 1.30. The highest BCUT2D eigenvalue weighted by atomic mass is 16.5. The number of aryl methyl sites for hydroxylation is 1. The van der Waals surface area contributed by atoms with Crippen LogP contribution in [0.2, 0.25) is 0 Å². The van der Waals surface area contributed by atoms with Crippen LogP contribution in [0.4, 0.5) is 5.69 Å². The van der Waals surface area contributed by atoms with Gasteiger partial charge in [0.2, 0.25) is 0 Å². The van der Waals surface area contributed by atoms with Gasteiger partial charge in [-0.3, -0.25) is 0 Å². The van der Waals surface area contributed by atoms with Gasteiger partial charge in [0.25, 0.3) is 0 Å². The molecule has 0 aliphatic heterocycles. The van der Waals surface area contributed by atoms with Crippen molar-refractivity contribution in [2.75, 3.05) is 19.5 Å². The van der Waals surface area contributed by atoms with Crippen molar-refractivity contribution < 1.29 is 9.47 Å². The molecule has 96 valence electrons. The molecule has 0 aromatic heterocycles. The van der Waals surface area contributed by atoms with Gasteiger partial charge in [0.15, 0.2) is 0 Å². The molecule has 1 atom stereocenters. The van der Waals surface area contributed by atoms with E-state index in [1.807, 2.05) is 26.0 Å². The van der Waals surface area contributed by atoms with Gasteiger partial charge in [-0.2, -0.15) is 0 Å². The molecule has 0 spiro atoms. The first-order valence-corrected chi connectivity index (χ1v) is 6.01. The Bertz CT molecular complexity index is 375. The van der Waals surface area contributed by atoms with E-state index in [1.165, 1.54) is 0 Å². The van der Waals surface area contributed by atoms with Gasteiger partial charge in [0.1, 0.15) is 11.9 Å². The first-order valence-electron chi connectivity index (χ1n) is 6.01. The fourth-order valence-corrected chi connectivity index (χ4v) is 1.75. The van der Waals surface area contributed by atoms with Crippen LogP contribution in [-0.2, 0) is 4.74 Å². The molecule has 0 aliphatic carbocycles. The number of hydrogen-bond acceptors (Lipinski definition) is 3. The van der Waals surface area contributed by atoms with Crippen LogP contribution < -0.4 is 10.5 Å². The van der Waals surface area contributed by atoms with Gasteiger partial charge in [-0.15, -0.1) is 0 Å². The molecule has 0 radical (unpaired) electrons. The summed E-state index contributed by atoms with van der Waals surface area (Å²) in [5, 5.41) is 0. The summed E-state index contributed by atoms with van der Waals surface area (Å²) in [6.07, 6.45) is 0.0422. The van der Waals surface area contributed by atoms with E-state index in [1.54, 1.807) is 7.11 Å². The molecule has 0 heterocycles. The third-order valence-electron chi connectivity index (χ3n) is 2.75. The molecule has 1 rings (SSSR count). The maximum Gasteiger partial charge on any atom is 0.123 e. The van der Waals surface area contributed by atoms with E-state index in [9.17, 15) is 0 Å². The summed E-state index contributed by atoms with van der Waals surface area (Å²) in [4.78, 5) is 0. The zero-order valence-electron chi connectivity index (χ0n) is 11.4. The van der Waals surface area contributed by atoms with Crippen LogP contribution in [0.25, 0.3) is 0 Å². The monoisotopic (exact) mass is 237 g/mol. The quantitative estimate of drug-likeness (QED) is 0.800. The number of rotatable bonds is 5. The van der Waals surface area contributed by atoms with Gasteiger partial charge in [-0.25, -0.2) is 0 Å². The molecule has 0 saturated heterocycles. The van der Waals surface area contributed by atoms with Gasteiger partial charge in [0, 0.05) is 12.8 Å². The van der Waals surface area contributed by atoms with Crippen LogP contribution in [-0.4, -0.2) is 19.8 Å². The van der Waals surface area contributed by atoms with E-state index < -0.39 is 0 Å². The molecule has 0 aliphatic rings. The predicted octanol–water partition coefficient (Wildman–Crippen LogP) is 3.11. The number of nitrogens with two attached hydrogens (primary N) is 1. The van der Waals surface area contributed by atoms with Crippen LogP contribution in [0, 0.1) is 6.92 Å². The Kier molecular flexibility index (Phi) is 4.82. The van der Waals surface area contributed by atoms with Crippen LogP contribution in [0.5, 0.6) is 5.75 Å². The lowest BCUT2D eigenvalue weighted by Gasteiger charge is -2.20. The molecule has 3 nitrogen and oxygen atoms in total. The Balaban J connectivity index is 3.00. The van der Waals surface area contributed by atoms with Gasteiger partial charge in [0.05, 0.1) is 6.61 Å². The summed E-state index contributed by atoms with van der Waals surface area (Å²) in [6, 6.07) is 4.02. The highest BCUT2D eigenvalue weighted by Gasteiger charge is 2.13. The number of hydrogen-bond donors (Lipinski definition) is 1. The van der Waals surface area contributed by atoms with Crippen molar-refractivity contribution in [3.63, 3.8) is 0 Å². The van der Waals surface area contributed by atoms with E-state index in [-0.39, 0.29) is 6.10 Å². The molecule has 0 saturated carbocycles. The molecule has 17 heavy (non-hydrogen) atoms. The van der Waals surface area contributed by atoms with Gasteiger partial charge in [-0.1, -0.05) is 13.8 Å². The smallest absolute Gasteiger partial charge is 0.123 e. The number of benzene rings is 1. The fraction of sp³-hybridized carbons (Fsp3) is 0.571. The van der Waals surface area contributed by atoms with Crippen molar-refractivity contribution in [2.24, 2.45) is 0 Å². The highest BCUT2D eigenvalue weighted by Crippen LogP contribution is 2.31. The normalized spacial score (nSPS) is 12.8. The molecule has 0 fully saturated rings. The molecule has 2 N–H and O–H groups in total. The summed E-state index contributed by atoms with van der Waals surface area (Å²) in [5.41, 5.74) is 8.96. The van der Waals surface area contributed by atoms with Crippen molar-refractivity contribution in [1.82, 2.24) is 0 Å². The van der Waals surface area contributed by atoms with E-state index in [0.29, 0.717) is 12.5 Å². The van der Waals surface area contributed by atoms with E-state index >= 15 is 0 Å². The molecular weight excluding hydrogens is 214 g/mol. The van der Waals surface area contributed by atoms with Crippen molar-refractivity contribution in [3.05, 3.63) is 23.3 Å². The Morgan fingerprint density at radius 2 is 1.88 bits per heavy atom. The predicted molar refractivity (Wildman–Crippen MR) is 71.6 cm³/mol. The lowest BCUT2D eigenvalue weighted by molar-refractivity contribution is 0.0912. The minimum atomic E-state index is 0.0422. The maximum atomic E-state index is 5.94. The van der Waals surface area contributed by atoms with Gasteiger partial charge >= 0.3 is 0 Å². The Hall–Kier alpha value is -1.22. The van der Waals surface area contributed by atoms with Crippen LogP contribution in [0.15, 0.2) is 12.1 Å². The summed E-state index contributed by atoms with van der Waals surface area (Å²) in [6.45, 7) is 8.85. The Labute approximate surface area is 104 Å². The number of methoxy groups -OCH3 is 1. The average Bonchev–Trinajstić information content (AvgIpc) is 2.23. The zero-order valence-corrected chi connectivity index (χ0v) is 11.4. The van der Waals surface area contributed by atoms with Crippen LogP contribution in [0.1, 0.15) is 37.8 Å².